The molecule has 0 saturated carbocycles. The third-order valence-electron chi connectivity index (χ3n) is 5.28. The van der Waals surface area contributed by atoms with Crippen LogP contribution in [0.4, 0.5) is 0 Å². The zero-order valence-electron chi connectivity index (χ0n) is 16.5. The fraction of sp³-hybridized carbons (Fsp3) is 0.320. The largest absolute Gasteiger partial charge is 0.248 e. The summed E-state index contributed by atoms with van der Waals surface area (Å²) < 4.78 is 0. The second-order valence-electron chi connectivity index (χ2n) is 6.79. The van der Waals surface area contributed by atoms with Gasteiger partial charge in [0.1, 0.15) is 0 Å². The first-order valence-electron chi connectivity index (χ1n) is 9.91. The van der Waals surface area contributed by atoms with E-state index in [4.69, 9.17) is 4.98 Å². The smallest absolute Gasteiger partial charge is 0.0709 e. The Labute approximate surface area is 158 Å². The number of aryl methyl sites for hydroxylation is 4. The van der Waals surface area contributed by atoms with E-state index in [2.05, 4.69) is 82.3 Å². The average molecular weight is 344 g/mol. The minimum Gasteiger partial charge on any atom is -0.248 e. The summed E-state index contributed by atoms with van der Waals surface area (Å²) >= 11 is 0. The molecule has 0 aliphatic carbocycles. The molecular weight excluding hydrogens is 314 g/mol. The Bertz CT molecular complexity index is 822. The van der Waals surface area contributed by atoms with E-state index in [1.807, 2.05) is 0 Å². The maximum absolute atomic E-state index is 4.98. The van der Waals surface area contributed by atoms with Crippen molar-refractivity contribution >= 4 is 0 Å². The molecule has 3 aromatic rings. The van der Waals surface area contributed by atoms with Crippen LogP contribution in [-0.2, 0) is 25.7 Å². The van der Waals surface area contributed by atoms with Gasteiger partial charge in [-0.3, -0.25) is 0 Å². The molecule has 0 spiro atoms. The van der Waals surface area contributed by atoms with Crippen molar-refractivity contribution in [2.75, 3.05) is 0 Å². The molecule has 1 aromatic heterocycles. The molecule has 0 fully saturated rings. The molecule has 2 aromatic carbocycles. The van der Waals surface area contributed by atoms with E-state index in [-0.39, 0.29) is 0 Å². The van der Waals surface area contributed by atoms with Crippen LogP contribution in [0.25, 0.3) is 22.5 Å². The predicted molar refractivity (Wildman–Crippen MR) is 113 cm³/mol. The van der Waals surface area contributed by atoms with Crippen molar-refractivity contribution in [3.05, 3.63) is 76.9 Å². The molecule has 1 nitrogen and oxygen atoms in total. The van der Waals surface area contributed by atoms with Crippen molar-refractivity contribution in [2.24, 2.45) is 0 Å². The quantitative estimate of drug-likeness (QED) is 0.487. The van der Waals surface area contributed by atoms with Crippen molar-refractivity contribution in [3.8, 4) is 22.5 Å². The maximum Gasteiger partial charge on any atom is 0.0709 e. The van der Waals surface area contributed by atoms with Crippen LogP contribution in [0.15, 0.2) is 54.6 Å². The van der Waals surface area contributed by atoms with Crippen molar-refractivity contribution in [1.29, 1.82) is 0 Å². The minimum absolute atomic E-state index is 1.05. The fourth-order valence-corrected chi connectivity index (χ4v) is 3.67. The Morgan fingerprint density at radius 1 is 0.538 bits per heavy atom. The summed E-state index contributed by atoms with van der Waals surface area (Å²) in [6.07, 6.45) is 4.30. The molecule has 0 aliphatic heterocycles. The van der Waals surface area contributed by atoms with Gasteiger partial charge in [0.2, 0.25) is 0 Å². The lowest BCUT2D eigenvalue weighted by atomic mass is 9.97. The average Bonchev–Trinajstić information content (AvgIpc) is 2.72. The topological polar surface area (TPSA) is 12.9 Å². The third kappa shape index (κ3) is 3.72. The van der Waals surface area contributed by atoms with Gasteiger partial charge in [-0.1, -0.05) is 58.0 Å². The highest BCUT2D eigenvalue weighted by Crippen LogP contribution is 2.26. The second-order valence-corrected chi connectivity index (χ2v) is 6.79. The molecule has 134 valence electrons. The second kappa shape index (κ2) is 8.31. The molecule has 0 bridgehead atoms. The van der Waals surface area contributed by atoms with Gasteiger partial charge in [-0.2, -0.15) is 0 Å². The molecular formula is C25H29N. The molecule has 1 heteroatoms. The summed E-state index contributed by atoms with van der Waals surface area (Å²) in [5, 5.41) is 0. The number of hydrogen-bond donors (Lipinski definition) is 0. The Morgan fingerprint density at radius 2 is 0.962 bits per heavy atom. The monoisotopic (exact) mass is 343 g/mol. The van der Waals surface area contributed by atoms with Gasteiger partial charge in [0, 0.05) is 11.1 Å². The van der Waals surface area contributed by atoms with Gasteiger partial charge in [-0.15, -0.1) is 0 Å². The highest BCUT2D eigenvalue weighted by molar-refractivity contribution is 5.67. The molecule has 0 atom stereocenters. The summed E-state index contributed by atoms with van der Waals surface area (Å²) in [5.74, 6) is 0. The predicted octanol–water partition coefficient (Wildman–Crippen LogP) is 6.67. The van der Waals surface area contributed by atoms with Crippen molar-refractivity contribution in [2.45, 2.75) is 53.4 Å². The van der Waals surface area contributed by atoms with Gasteiger partial charge in [0.15, 0.2) is 0 Å². The Kier molecular flexibility index (Phi) is 5.88. The number of nitrogens with zero attached hydrogens (tertiary/aromatic N) is 1. The zero-order valence-corrected chi connectivity index (χ0v) is 16.5. The molecule has 0 radical (unpaired) electrons. The zero-order chi connectivity index (χ0) is 18.5. The molecule has 0 amide bonds. The highest BCUT2D eigenvalue weighted by Gasteiger charge is 2.08. The van der Waals surface area contributed by atoms with Crippen molar-refractivity contribution in [1.82, 2.24) is 4.98 Å². The summed E-state index contributed by atoms with van der Waals surface area (Å²) in [4.78, 5) is 4.98. The summed E-state index contributed by atoms with van der Waals surface area (Å²) in [7, 11) is 0. The Hall–Kier alpha value is -2.41. The maximum atomic E-state index is 4.98. The first kappa shape index (κ1) is 18.4. The standard InChI is InChI=1S/C25H29N/c1-5-18-12-14-22(16-20(18)7-3)24-10-9-11-25(26-24)23-15-13-19(6-2)21(8-4)17-23/h9-17H,5-8H2,1-4H3. The molecule has 26 heavy (non-hydrogen) atoms. The van der Waals surface area contributed by atoms with E-state index in [0.29, 0.717) is 0 Å². The van der Waals surface area contributed by atoms with Gasteiger partial charge < -0.3 is 0 Å². The van der Waals surface area contributed by atoms with Crippen LogP contribution >= 0.6 is 0 Å². The number of rotatable bonds is 6. The van der Waals surface area contributed by atoms with E-state index in [1.165, 1.54) is 33.4 Å². The summed E-state index contributed by atoms with van der Waals surface area (Å²) in [6, 6.07) is 19.9. The van der Waals surface area contributed by atoms with E-state index in [1.54, 1.807) is 0 Å². The molecule has 0 unspecified atom stereocenters. The number of pyridine rings is 1. The first-order valence-corrected chi connectivity index (χ1v) is 9.91. The Balaban J connectivity index is 2.01. The third-order valence-corrected chi connectivity index (χ3v) is 5.28. The number of hydrogen-bond acceptors (Lipinski definition) is 1. The van der Waals surface area contributed by atoms with Crippen LogP contribution in [0.1, 0.15) is 49.9 Å². The van der Waals surface area contributed by atoms with Gasteiger partial charge >= 0.3 is 0 Å². The molecule has 1 heterocycles. The Morgan fingerprint density at radius 3 is 1.35 bits per heavy atom. The van der Waals surface area contributed by atoms with Crippen LogP contribution in [0.2, 0.25) is 0 Å². The van der Waals surface area contributed by atoms with E-state index >= 15 is 0 Å². The summed E-state index contributed by atoms with van der Waals surface area (Å²) in [5.41, 5.74) is 10.3. The lowest BCUT2D eigenvalue weighted by Gasteiger charge is -2.11. The lowest BCUT2D eigenvalue weighted by Crippen LogP contribution is -1.95. The minimum atomic E-state index is 1.05. The molecule has 0 N–H and O–H groups in total. The number of benzene rings is 2. The summed E-state index contributed by atoms with van der Waals surface area (Å²) in [6.45, 7) is 8.89. The van der Waals surface area contributed by atoms with Gasteiger partial charge in [0.05, 0.1) is 11.4 Å². The van der Waals surface area contributed by atoms with Gasteiger partial charge in [-0.05, 0) is 72.2 Å². The van der Waals surface area contributed by atoms with Crippen LogP contribution in [0.3, 0.4) is 0 Å². The van der Waals surface area contributed by atoms with E-state index in [9.17, 15) is 0 Å². The molecule has 0 aliphatic rings. The molecule has 3 rings (SSSR count). The van der Waals surface area contributed by atoms with Crippen LogP contribution < -0.4 is 0 Å². The van der Waals surface area contributed by atoms with Crippen molar-refractivity contribution < 1.29 is 0 Å². The highest BCUT2D eigenvalue weighted by atomic mass is 14.7. The van der Waals surface area contributed by atoms with Gasteiger partial charge in [-0.25, -0.2) is 4.98 Å². The first-order chi connectivity index (χ1) is 12.7. The fourth-order valence-electron chi connectivity index (χ4n) is 3.67. The van der Waals surface area contributed by atoms with E-state index in [0.717, 1.165) is 37.1 Å². The normalized spacial score (nSPS) is 10.9. The van der Waals surface area contributed by atoms with Crippen LogP contribution in [-0.4, -0.2) is 4.98 Å². The molecule has 0 saturated heterocycles. The lowest BCUT2D eigenvalue weighted by molar-refractivity contribution is 1.04. The van der Waals surface area contributed by atoms with Crippen molar-refractivity contribution in [3.63, 3.8) is 0 Å². The van der Waals surface area contributed by atoms with Gasteiger partial charge in [0.25, 0.3) is 0 Å². The number of aromatic nitrogens is 1. The van der Waals surface area contributed by atoms with Crippen LogP contribution in [0, 0.1) is 0 Å². The van der Waals surface area contributed by atoms with Crippen LogP contribution in [0.5, 0.6) is 0 Å². The SMILES string of the molecule is CCc1ccc(-c2cccc(-c3ccc(CC)c(CC)c3)n2)cc1CC. The van der Waals surface area contributed by atoms with E-state index < -0.39 is 0 Å².